The molecule has 0 amide bonds. The van der Waals surface area contributed by atoms with Crippen molar-refractivity contribution in [3.05, 3.63) is 0 Å². The van der Waals surface area contributed by atoms with Crippen LogP contribution in [0.2, 0.25) is 0 Å². The van der Waals surface area contributed by atoms with Crippen LogP contribution in [0.5, 0.6) is 0 Å². The molecule has 2 fully saturated rings. The first-order valence-corrected chi connectivity index (χ1v) is 10.3. The molecule has 0 radical (unpaired) electrons. The molecule has 21 heavy (non-hydrogen) atoms. The van der Waals surface area contributed by atoms with Gasteiger partial charge in [0.05, 0.1) is 0 Å². The second-order valence-electron chi connectivity index (χ2n) is 8.34. The van der Waals surface area contributed by atoms with Gasteiger partial charge in [-0.15, -0.1) is 0 Å². The first-order chi connectivity index (χ1) is 10.3. The smallest absolute Gasteiger partial charge is 0.0412 e. The van der Waals surface area contributed by atoms with Gasteiger partial charge < -0.3 is 0 Å². The minimum Gasteiger partial charge on any atom is -0.0625 e. The summed E-state index contributed by atoms with van der Waals surface area (Å²) in [6.45, 7) is 2.47. The molecule has 0 aromatic rings. The van der Waals surface area contributed by atoms with E-state index in [4.69, 9.17) is 0 Å². The summed E-state index contributed by atoms with van der Waals surface area (Å²) in [4.78, 5) is 0. The molecule has 124 valence electrons. The lowest BCUT2D eigenvalue weighted by Crippen LogP contribution is -2.11. The zero-order valence-electron chi connectivity index (χ0n) is 14.8. The number of hydrogen-bond donors (Lipinski definition) is 0. The van der Waals surface area contributed by atoms with Crippen LogP contribution in [0.25, 0.3) is 0 Å². The Hall–Kier alpha value is 0. The molecule has 0 saturated heterocycles. The molecule has 0 atom stereocenters. The Labute approximate surface area is 134 Å². The van der Waals surface area contributed by atoms with Crippen LogP contribution in [0, 0.1) is 17.8 Å². The molecule has 0 heteroatoms. The largest absolute Gasteiger partial charge is 0.0625 e. The van der Waals surface area contributed by atoms with Crippen molar-refractivity contribution in [2.45, 2.75) is 116 Å². The van der Waals surface area contributed by atoms with Crippen molar-refractivity contribution in [2.75, 3.05) is 0 Å². The van der Waals surface area contributed by atoms with Gasteiger partial charge in [-0.05, 0) is 24.2 Å². The van der Waals surface area contributed by atoms with E-state index in [1.165, 1.54) is 77.0 Å². The molecule has 2 rings (SSSR count). The average molecular weight is 293 g/mol. The van der Waals surface area contributed by atoms with Crippen molar-refractivity contribution >= 4 is 0 Å². The summed E-state index contributed by atoms with van der Waals surface area (Å²) in [7, 11) is 0. The van der Waals surface area contributed by atoms with Crippen molar-refractivity contribution in [1.29, 1.82) is 0 Å². The second kappa shape index (κ2) is 10.7. The van der Waals surface area contributed by atoms with Gasteiger partial charge >= 0.3 is 0 Å². The van der Waals surface area contributed by atoms with Crippen LogP contribution >= 0.6 is 0 Å². The molecule has 0 aromatic heterocycles. The molecule has 0 N–H and O–H groups in total. The van der Waals surface area contributed by atoms with E-state index in [0.29, 0.717) is 0 Å². The molecule has 0 spiro atoms. The standard InChI is InChI=1S/C21H40/c1-19-12-8-10-16-21(17-11-9-13-19)18-20-14-6-4-2-3-5-7-15-20/h19-21H,2-18H2,1H3. The van der Waals surface area contributed by atoms with Crippen molar-refractivity contribution in [3.8, 4) is 0 Å². The van der Waals surface area contributed by atoms with Gasteiger partial charge in [0.2, 0.25) is 0 Å². The Balaban J connectivity index is 1.75. The molecule has 0 bridgehead atoms. The Morgan fingerprint density at radius 1 is 0.476 bits per heavy atom. The van der Waals surface area contributed by atoms with E-state index in [2.05, 4.69) is 6.92 Å². The quantitative estimate of drug-likeness (QED) is 0.494. The van der Waals surface area contributed by atoms with Crippen LogP contribution in [0.1, 0.15) is 116 Å². The van der Waals surface area contributed by atoms with Gasteiger partial charge in [0.25, 0.3) is 0 Å². The summed E-state index contributed by atoms with van der Waals surface area (Å²) >= 11 is 0. The van der Waals surface area contributed by atoms with Gasteiger partial charge in [0.1, 0.15) is 0 Å². The lowest BCUT2D eigenvalue weighted by atomic mass is 9.81. The van der Waals surface area contributed by atoms with Crippen molar-refractivity contribution < 1.29 is 0 Å². The van der Waals surface area contributed by atoms with Crippen LogP contribution in [0.3, 0.4) is 0 Å². The number of rotatable bonds is 2. The first kappa shape index (κ1) is 17.4. The van der Waals surface area contributed by atoms with E-state index in [1.54, 1.807) is 32.1 Å². The molecule has 2 aliphatic rings. The predicted molar refractivity (Wildman–Crippen MR) is 94.6 cm³/mol. The molecule has 0 aromatic carbocycles. The molecule has 0 nitrogen and oxygen atoms in total. The van der Waals surface area contributed by atoms with E-state index in [9.17, 15) is 0 Å². The third-order valence-corrected chi connectivity index (χ3v) is 6.26. The fraction of sp³-hybridized carbons (Fsp3) is 1.00. The van der Waals surface area contributed by atoms with Crippen molar-refractivity contribution in [2.24, 2.45) is 17.8 Å². The lowest BCUT2D eigenvalue weighted by Gasteiger charge is -2.25. The van der Waals surface area contributed by atoms with E-state index < -0.39 is 0 Å². The van der Waals surface area contributed by atoms with Gasteiger partial charge in [-0.25, -0.2) is 0 Å². The van der Waals surface area contributed by atoms with Crippen LogP contribution in [-0.4, -0.2) is 0 Å². The zero-order chi connectivity index (χ0) is 14.8. The number of hydrogen-bond acceptors (Lipinski definition) is 0. The maximum absolute atomic E-state index is 2.47. The van der Waals surface area contributed by atoms with E-state index in [1.807, 2.05) is 0 Å². The highest BCUT2D eigenvalue weighted by Gasteiger charge is 2.18. The Morgan fingerprint density at radius 2 is 0.810 bits per heavy atom. The Morgan fingerprint density at radius 3 is 1.29 bits per heavy atom. The van der Waals surface area contributed by atoms with E-state index in [0.717, 1.165) is 17.8 Å². The summed E-state index contributed by atoms with van der Waals surface area (Å²) < 4.78 is 0. The summed E-state index contributed by atoms with van der Waals surface area (Å²) in [6, 6.07) is 0. The minimum atomic E-state index is 0.996. The van der Waals surface area contributed by atoms with Crippen LogP contribution in [-0.2, 0) is 0 Å². The highest BCUT2D eigenvalue weighted by Crippen LogP contribution is 2.33. The highest BCUT2D eigenvalue weighted by atomic mass is 14.2. The molecule has 2 aliphatic carbocycles. The molecule has 0 heterocycles. The SMILES string of the molecule is CC1CCCCC(CC2CCCCCCCC2)CCCC1. The van der Waals surface area contributed by atoms with Crippen molar-refractivity contribution in [1.82, 2.24) is 0 Å². The normalized spacial score (nSPS) is 31.9. The monoisotopic (exact) mass is 292 g/mol. The van der Waals surface area contributed by atoms with E-state index in [-0.39, 0.29) is 0 Å². The summed E-state index contributed by atoms with van der Waals surface area (Å²) in [5.41, 5.74) is 0. The Kier molecular flexibility index (Phi) is 8.83. The lowest BCUT2D eigenvalue weighted by molar-refractivity contribution is 0.276. The van der Waals surface area contributed by atoms with Gasteiger partial charge in [-0.2, -0.15) is 0 Å². The average Bonchev–Trinajstić information content (AvgIpc) is 2.61. The zero-order valence-corrected chi connectivity index (χ0v) is 14.8. The van der Waals surface area contributed by atoms with Gasteiger partial charge in [-0.1, -0.05) is 110 Å². The van der Waals surface area contributed by atoms with Gasteiger partial charge in [0.15, 0.2) is 0 Å². The second-order valence-corrected chi connectivity index (χ2v) is 8.34. The molecule has 0 unspecified atom stereocenters. The van der Waals surface area contributed by atoms with E-state index >= 15 is 0 Å². The third kappa shape index (κ3) is 7.71. The molecular formula is C21H40. The molecule has 0 aliphatic heterocycles. The van der Waals surface area contributed by atoms with Crippen LogP contribution in [0.4, 0.5) is 0 Å². The van der Waals surface area contributed by atoms with Crippen LogP contribution < -0.4 is 0 Å². The maximum Gasteiger partial charge on any atom is -0.0412 e. The van der Waals surface area contributed by atoms with Crippen molar-refractivity contribution in [3.63, 3.8) is 0 Å². The maximum atomic E-state index is 2.47. The fourth-order valence-electron chi connectivity index (χ4n) is 4.80. The fourth-order valence-corrected chi connectivity index (χ4v) is 4.80. The van der Waals surface area contributed by atoms with Gasteiger partial charge in [-0.3, -0.25) is 0 Å². The summed E-state index contributed by atoms with van der Waals surface area (Å²) in [6.07, 6.45) is 25.9. The Bertz CT molecular complexity index is 222. The summed E-state index contributed by atoms with van der Waals surface area (Å²) in [5, 5.41) is 0. The van der Waals surface area contributed by atoms with Gasteiger partial charge in [0, 0.05) is 0 Å². The first-order valence-electron chi connectivity index (χ1n) is 10.3. The van der Waals surface area contributed by atoms with Crippen LogP contribution in [0.15, 0.2) is 0 Å². The summed E-state index contributed by atoms with van der Waals surface area (Å²) in [5.74, 6) is 3.15. The highest BCUT2D eigenvalue weighted by molar-refractivity contribution is 4.71. The third-order valence-electron chi connectivity index (χ3n) is 6.26. The minimum absolute atomic E-state index is 0.996. The predicted octanol–water partition coefficient (Wildman–Crippen LogP) is 7.51. The molecular weight excluding hydrogens is 252 g/mol. The molecule has 2 saturated carbocycles. The topological polar surface area (TPSA) is 0 Å².